The Labute approximate surface area is 110 Å². The van der Waals surface area contributed by atoms with E-state index in [9.17, 15) is 14.4 Å². The molecular formula is C12H15N3O4. The van der Waals surface area contributed by atoms with E-state index in [1.165, 1.54) is 13.8 Å². The maximum atomic E-state index is 11.5. The van der Waals surface area contributed by atoms with Crippen LogP contribution in [0.25, 0.3) is 0 Å². The first-order valence-corrected chi connectivity index (χ1v) is 5.56. The summed E-state index contributed by atoms with van der Waals surface area (Å²) in [5.74, 6) is -1.34. The zero-order chi connectivity index (χ0) is 14.4. The van der Waals surface area contributed by atoms with Gasteiger partial charge in [0.2, 0.25) is 5.91 Å². The number of aliphatic carboxylic acids is 1. The molecule has 0 spiro atoms. The van der Waals surface area contributed by atoms with Crippen LogP contribution < -0.4 is 16.0 Å². The van der Waals surface area contributed by atoms with Crippen molar-refractivity contribution in [3.8, 4) is 0 Å². The molecule has 0 fully saturated rings. The Morgan fingerprint density at radius 1 is 1.16 bits per heavy atom. The van der Waals surface area contributed by atoms with Gasteiger partial charge in [-0.25, -0.2) is 4.79 Å². The highest BCUT2D eigenvalue weighted by molar-refractivity contribution is 5.94. The number of carboxylic acid groups (broad SMARTS) is 1. The summed E-state index contributed by atoms with van der Waals surface area (Å²) >= 11 is 0. The van der Waals surface area contributed by atoms with Gasteiger partial charge in [0.1, 0.15) is 6.04 Å². The molecule has 19 heavy (non-hydrogen) atoms. The van der Waals surface area contributed by atoms with E-state index in [1.54, 1.807) is 24.3 Å². The lowest BCUT2D eigenvalue weighted by Gasteiger charge is -2.11. The van der Waals surface area contributed by atoms with E-state index in [-0.39, 0.29) is 5.91 Å². The molecule has 1 aromatic carbocycles. The molecule has 0 aromatic heterocycles. The minimum Gasteiger partial charge on any atom is -0.480 e. The summed E-state index contributed by atoms with van der Waals surface area (Å²) in [6.07, 6.45) is 0. The summed E-state index contributed by atoms with van der Waals surface area (Å²) in [7, 11) is 0. The quantitative estimate of drug-likeness (QED) is 0.656. The number of carbonyl (C=O) groups is 3. The van der Waals surface area contributed by atoms with Crippen LogP contribution >= 0.6 is 0 Å². The van der Waals surface area contributed by atoms with Gasteiger partial charge in [-0.05, 0) is 25.1 Å². The monoisotopic (exact) mass is 265 g/mol. The third kappa shape index (κ3) is 5.07. The van der Waals surface area contributed by atoms with Gasteiger partial charge in [-0.15, -0.1) is 0 Å². The number of carbonyl (C=O) groups excluding carboxylic acids is 2. The van der Waals surface area contributed by atoms with E-state index in [0.29, 0.717) is 11.4 Å². The molecule has 102 valence electrons. The van der Waals surface area contributed by atoms with Crippen LogP contribution in [0.2, 0.25) is 0 Å². The normalized spacial score (nSPS) is 11.3. The lowest BCUT2D eigenvalue weighted by Crippen LogP contribution is -2.40. The summed E-state index contributed by atoms with van der Waals surface area (Å²) in [6.45, 7) is 2.73. The minimum absolute atomic E-state index is 0.221. The van der Waals surface area contributed by atoms with Crippen LogP contribution in [0.1, 0.15) is 13.8 Å². The largest absolute Gasteiger partial charge is 0.480 e. The first-order chi connectivity index (χ1) is 8.88. The Morgan fingerprint density at radius 3 is 2.26 bits per heavy atom. The predicted molar refractivity (Wildman–Crippen MR) is 70.0 cm³/mol. The van der Waals surface area contributed by atoms with Crippen molar-refractivity contribution in [1.29, 1.82) is 0 Å². The summed E-state index contributed by atoms with van der Waals surface area (Å²) in [6, 6.07) is 4.89. The number of anilines is 2. The average molecular weight is 265 g/mol. The van der Waals surface area contributed by atoms with Crippen LogP contribution in [0.15, 0.2) is 24.3 Å². The third-order valence-electron chi connectivity index (χ3n) is 2.16. The van der Waals surface area contributed by atoms with Crippen molar-refractivity contribution >= 4 is 29.3 Å². The van der Waals surface area contributed by atoms with Crippen LogP contribution in [-0.2, 0) is 9.59 Å². The second kappa shape index (κ2) is 6.39. The van der Waals surface area contributed by atoms with Crippen molar-refractivity contribution in [1.82, 2.24) is 5.32 Å². The fourth-order valence-electron chi connectivity index (χ4n) is 1.30. The molecule has 3 amide bonds. The Balaban J connectivity index is 2.64. The molecule has 0 radical (unpaired) electrons. The first kappa shape index (κ1) is 14.5. The second-order valence-corrected chi connectivity index (χ2v) is 3.92. The molecular weight excluding hydrogens is 250 g/mol. The molecule has 0 aliphatic rings. The van der Waals surface area contributed by atoms with Crippen molar-refractivity contribution in [3.63, 3.8) is 0 Å². The molecule has 0 saturated carbocycles. The molecule has 7 heteroatoms. The Bertz CT molecular complexity index is 502. The standard InChI is InChI=1S/C12H15N3O4/c1-7(11(17)18)13-12(19)15-10-5-3-4-9(6-10)14-8(2)16/h3-7H,1-2H3,(H,14,16)(H,17,18)(H2,13,15,19). The number of urea groups is 1. The number of rotatable bonds is 4. The summed E-state index contributed by atoms with van der Waals surface area (Å²) in [5.41, 5.74) is 0.984. The molecule has 0 saturated heterocycles. The lowest BCUT2D eigenvalue weighted by molar-refractivity contribution is -0.138. The van der Waals surface area contributed by atoms with Gasteiger partial charge in [-0.3, -0.25) is 9.59 Å². The molecule has 1 atom stereocenters. The van der Waals surface area contributed by atoms with Crippen molar-refractivity contribution in [2.45, 2.75) is 19.9 Å². The highest BCUT2D eigenvalue weighted by Crippen LogP contribution is 2.14. The number of hydrogen-bond acceptors (Lipinski definition) is 3. The van der Waals surface area contributed by atoms with Gasteiger partial charge in [0.15, 0.2) is 0 Å². The molecule has 0 aliphatic carbocycles. The van der Waals surface area contributed by atoms with Crippen molar-refractivity contribution in [2.24, 2.45) is 0 Å². The van der Waals surface area contributed by atoms with Crippen molar-refractivity contribution in [2.75, 3.05) is 10.6 Å². The minimum atomic E-state index is -1.12. The van der Waals surface area contributed by atoms with Gasteiger partial charge in [0, 0.05) is 18.3 Å². The molecule has 4 N–H and O–H groups in total. The molecule has 7 nitrogen and oxygen atoms in total. The van der Waals surface area contributed by atoms with Crippen molar-refractivity contribution in [3.05, 3.63) is 24.3 Å². The summed E-state index contributed by atoms with van der Waals surface area (Å²) < 4.78 is 0. The van der Waals surface area contributed by atoms with Gasteiger partial charge in [-0.2, -0.15) is 0 Å². The Morgan fingerprint density at radius 2 is 1.74 bits per heavy atom. The molecule has 0 aliphatic heterocycles. The first-order valence-electron chi connectivity index (χ1n) is 5.56. The topological polar surface area (TPSA) is 108 Å². The zero-order valence-corrected chi connectivity index (χ0v) is 10.6. The van der Waals surface area contributed by atoms with Crippen LogP contribution in [0.5, 0.6) is 0 Å². The van der Waals surface area contributed by atoms with Gasteiger partial charge >= 0.3 is 12.0 Å². The van der Waals surface area contributed by atoms with Crippen molar-refractivity contribution < 1.29 is 19.5 Å². The zero-order valence-electron chi connectivity index (χ0n) is 10.6. The van der Waals surface area contributed by atoms with E-state index in [4.69, 9.17) is 5.11 Å². The van der Waals surface area contributed by atoms with Crippen LogP contribution in [0.3, 0.4) is 0 Å². The molecule has 1 rings (SSSR count). The van der Waals surface area contributed by atoms with Crippen LogP contribution in [-0.4, -0.2) is 29.1 Å². The number of amides is 3. The average Bonchev–Trinajstić information content (AvgIpc) is 2.27. The molecule has 1 unspecified atom stereocenters. The van der Waals surface area contributed by atoms with E-state index >= 15 is 0 Å². The summed E-state index contributed by atoms with van der Waals surface area (Å²) in [5, 5.41) is 16.0. The Kier molecular flexibility index (Phi) is 4.87. The number of nitrogens with one attached hydrogen (secondary N) is 3. The van der Waals surface area contributed by atoms with E-state index < -0.39 is 18.0 Å². The van der Waals surface area contributed by atoms with Gasteiger partial charge in [0.05, 0.1) is 0 Å². The van der Waals surface area contributed by atoms with Crippen LogP contribution in [0, 0.1) is 0 Å². The molecule has 1 aromatic rings. The fraction of sp³-hybridized carbons (Fsp3) is 0.250. The lowest BCUT2D eigenvalue weighted by atomic mass is 10.2. The van der Waals surface area contributed by atoms with E-state index in [1.807, 2.05) is 0 Å². The second-order valence-electron chi connectivity index (χ2n) is 3.92. The maximum absolute atomic E-state index is 11.5. The Hall–Kier alpha value is -2.57. The predicted octanol–water partition coefficient (Wildman–Crippen LogP) is 1.24. The smallest absolute Gasteiger partial charge is 0.325 e. The third-order valence-corrected chi connectivity index (χ3v) is 2.16. The van der Waals surface area contributed by atoms with E-state index in [0.717, 1.165) is 0 Å². The number of carboxylic acids is 1. The highest BCUT2D eigenvalue weighted by atomic mass is 16.4. The van der Waals surface area contributed by atoms with Crippen LogP contribution in [0.4, 0.5) is 16.2 Å². The fourth-order valence-corrected chi connectivity index (χ4v) is 1.30. The SMILES string of the molecule is CC(=O)Nc1cccc(NC(=O)NC(C)C(=O)O)c1. The number of hydrogen-bond donors (Lipinski definition) is 4. The van der Waals surface area contributed by atoms with Gasteiger partial charge < -0.3 is 21.1 Å². The maximum Gasteiger partial charge on any atom is 0.325 e. The molecule has 0 bridgehead atoms. The molecule has 0 heterocycles. The van der Waals surface area contributed by atoms with E-state index in [2.05, 4.69) is 16.0 Å². The number of benzene rings is 1. The van der Waals surface area contributed by atoms with Gasteiger partial charge in [0.25, 0.3) is 0 Å². The highest BCUT2D eigenvalue weighted by Gasteiger charge is 2.13. The summed E-state index contributed by atoms with van der Waals surface area (Å²) in [4.78, 5) is 33.0. The van der Waals surface area contributed by atoms with Gasteiger partial charge in [-0.1, -0.05) is 6.07 Å².